The second-order valence-corrected chi connectivity index (χ2v) is 13.4. The van der Waals surface area contributed by atoms with Crippen molar-refractivity contribution in [2.75, 3.05) is 37.8 Å². The van der Waals surface area contributed by atoms with Gasteiger partial charge >= 0.3 is 0 Å². The summed E-state index contributed by atoms with van der Waals surface area (Å²) in [5, 5.41) is 3.29. The summed E-state index contributed by atoms with van der Waals surface area (Å²) in [4.78, 5) is 36.9. The zero-order valence-electron chi connectivity index (χ0n) is 23.2. The van der Waals surface area contributed by atoms with Gasteiger partial charge in [0.2, 0.25) is 15.9 Å². The van der Waals surface area contributed by atoms with Crippen LogP contribution in [0.2, 0.25) is 0 Å². The molecule has 2 aliphatic carbocycles. The lowest BCUT2D eigenvalue weighted by Gasteiger charge is -2.31. The molecule has 12 nitrogen and oxygen atoms in total. The number of piperidine rings is 1. The fourth-order valence-corrected chi connectivity index (χ4v) is 6.76. The van der Waals surface area contributed by atoms with Crippen molar-refractivity contribution >= 4 is 27.0 Å². The standard InChI is InChI=1S/C27H36N8O4S/c1-4-40(37,38)34-11-9-17(10-12-34)13-28-24-27(36)35(16(2)18-5-6-18)25-20(32-24)14-29-23(33-25)21-22(19-7-8-19)30-15-31-26(21)39-3/h14-19H,4-13H2,1-3H3,(H,28,32). The molecule has 3 aromatic heterocycles. The van der Waals surface area contributed by atoms with E-state index in [1.54, 1.807) is 29.1 Å². The Morgan fingerprint density at radius 3 is 2.48 bits per heavy atom. The minimum atomic E-state index is -3.17. The summed E-state index contributed by atoms with van der Waals surface area (Å²) in [6, 6.07) is -0.0411. The van der Waals surface area contributed by atoms with Crippen molar-refractivity contribution in [3.63, 3.8) is 0 Å². The molecule has 3 aliphatic rings. The van der Waals surface area contributed by atoms with Crippen LogP contribution in [0, 0.1) is 11.8 Å². The van der Waals surface area contributed by atoms with Crippen molar-refractivity contribution in [2.45, 2.75) is 64.3 Å². The molecule has 13 heteroatoms. The lowest BCUT2D eigenvalue weighted by Crippen LogP contribution is -2.41. The minimum absolute atomic E-state index is 0.0411. The number of methoxy groups -OCH3 is 1. The average molecular weight is 569 g/mol. The summed E-state index contributed by atoms with van der Waals surface area (Å²) in [6.07, 6.45) is 8.89. The van der Waals surface area contributed by atoms with Crippen LogP contribution in [0.3, 0.4) is 0 Å². The Bertz CT molecular complexity index is 1580. The van der Waals surface area contributed by atoms with E-state index in [0.717, 1.165) is 44.2 Å². The van der Waals surface area contributed by atoms with Gasteiger partial charge in [-0.15, -0.1) is 0 Å². The lowest BCUT2D eigenvalue weighted by atomic mass is 9.98. The normalized spacial score (nSPS) is 19.6. The number of fused-ring (bicyclic) bond motifs is 1. The highest BCUT2D eigenvalue weighted by Gasteiger charge is 2.34. The van der Waals surface area contributed by atoms with E-state index in [0.29, 0.717) is 59.9 Å². The number of nitrogens with zero attached hydrogens (tertiary/aromatic N) is 7. The number of sulfonamides is 1. The Labute approximate surface area is 233 Å². The van der Waals surface area contributed by atoms with Crippen molar-refractivity contribution in [2.24, 2.45) is 11.8 Å². The maximum Gasteiger partial charge on any atom is 0.295 e. The molecule has 1 unspecified atom stereocenters. The Kier molecular flexibility index (Phi) is 7.19. The monoisotopic (exact) mass is 568 g/mol. The van der Waals surface area contributed by atoms with Crippen molar-refractivity contribution in [3.05, 3.63) is 28.6 Å². The van der Waals surface area contributed by atoms with E-state index in [1.165, 1.54) is 6.33 Å². The van der Waals surface area contributed by atoms with Gasteiger partial charge in [-0.25, -0.2) is 37.6 Å². The number of nitrogens with one attached hydrogen (secondary N) is 1. The Morgan fingerprint density at radius 2 is 1.82 bits per heavy atom. The number of hydrogen-bond donors (Lipinski definition) is 1. The van der Waals surface area contributed by atoms with E-state index in [-0.39, 0.29) is 29.1 Å². The summed E-state index contributed by atoms with van der Waals surface area (Å²) >= 11 is 0. The fourth-order valence-electron chi connectivity index (χ4n) is 5.63. The molecule has 0 amide bonds. The van der Waals surface area contributed by atoms with E-state index < -0.39 is 10.0 Å². The molecule has 2 saturated carbocycles. The van der Waals surface area contributed by atoms with Gasteiger partial charge in [-0.3, -0.25) is 9.36 Å². The predicted octanol–water partition coefficient (Wildman–Crippen LogP) is 2.97. The molecule has 0 radical (unpaired) electrons. The number of rotatable bonds is 10. The molecule has 1 atom stereocenters. The first kappa shape index (κ1) is 27.0. The zero-order valence-corrected chi connectivity index (χ0v) is 24.0. The molecule has 3 fully saturated rings. The highest BCUT2D eigenvalue weighted by atomic mass is 32.2. The molecule has 1 aliphatic heterocycles. The van der Waals surface area contributed by atoms with Crippen LogP contribution in [0.15, 0.2) is 17.3 Å². The Morgan fingerprint density at radius 1 is 1.07 bits per heavy atom. The molecule has 6 rings (SSSR count). The van der Waals surface area contributed by atoms with Crippen molar-refractivity contribution in [1.82, 2.24) is 33.8 Å². The van der Waals surface area contributed by atoms with Crippen LogP contribution in [0.1, 0.15) is 70.0 Å². The number of ether oxygens (including phenoxy) is 1. The van der Waals surface area contributed by atoms with Crippen LogP contribution in [0.5, 0.6) is 5.88 Å². The molecule has 0 bridgehead atoms. The van der Waals surface area contributed by atoms with Gasteiger partial charge in [0.1, 0.15) is 17.4 Å². The van der Waals surface area contributed by atoms with Gasteiger partial charge < -0.3 is 10.1 Å². The number of aromatic nitrogens is 6. The van der Waals surface area contributed by atoms with Crippen LogP contribution in [-0.2, 0) is 10.0 Å². The van der Waals surface area contributed by atoms with Gasteiger partial charge in [-0.2, -0.15) is 0 Å². The van der Waals surface area contributed by atoms with Gasteiger partial charge in [0.05, 0.1) is 24.8 Å². The highest BCUT2D eigenvalue weighted by molar-refractivity contribution is 7.89. The van der Waals surface area contributed by atoms with E-state index in [1.807, 2.05) is 0 Å². The SMILES string of the molecule is CCS(=O)(=O)N1CCC(CNc2nc3cnc(-c4c(OC)ncnc4C4CC4)nc3n(C(C)C3CC3)c2=O)CC1. The largest absolute Gasteiger partial charge is 0.480 e. The topological polar surface area (TPSA) is 145 Å². The minimum Gasteiger partial charge on any atom is -0.480 e. The van der Waals surface area contributed by atoms with Crippen LogP contribution in [0.25, 0.3) is 22.6 Å². The molecule has 40 heavy (non-hydrogen) atoms. The van der Waals surface area contributed by atoms with Gasteiger partial charge in [0.25, 0.3) is 5.56 Å². The first-order valence-electron chi connectivity index (χ1n) is 14.2. The van der Waals surface area contributed by atoms with Crippen LogP contribution >= 0.6 is 0 Å². The molecular weight excluding hydrogens is 532 g/mol. The van der Waals surface area contributed by atoms with E-state index in [4.69, 9.17) is 9.72 Å². The fraction of sp³-hybridized carbons (Fsp3) is 0.630. The first-order valence-corrected chi connectivity index (χ1v) is 15.8. The maximum absolute atomic E-state index is 13.8. The summed E-state index contributed by atoms with van der Waals surface area (Å²) < 4.78 is 33.3. The predicted molar refractivity (Wildman–Crippen MR) is 151 cm³/mol. The van der Waals surface area contributed by atoms with Crippen LogP contribution in [0.4, 0.5) is 5.82 Å². The lowest BCUT2D eigenvalue weighted by molar-refractivity contribution is 0.282. The average Bonchev–Trinajstić information content (AvgIpc) is 3.89. The van der Waals surface area contributed by atoms with Crippen LogP contribution < -0.4 is 15.6 Å². The third-order valence-electron chi connectivity index (χ3n) is 8.46. The van der Waals surface area contributed by atoms with Crippen molar-refractivity contribution < 1.29 is 13.2 Å². The third kappa shape index (κ3) is 5.16. The van der Waals surface area contributed by atoms with Gasteiger partial charge in [-0.05, 0) is 64.2 Å². The summed E-state index contributed by atoms with van der Waals surface area (Å²) in [6.45, 7) is 5.29. The molecule has 214 valence electrons. The molecule has 0 aromatic carbocycles. The van der Waals surface area contributed by atoms with Gasteiger partial charge in [0.15, 0.2) is 17.3 Å². The molecule has 0 spiro atoms. The van der Waals surface area contributed by atoms with E-state index in [2.05, 4.69) is 32.2 Å². The summed E-state index contributed by atoms with van der Waals surface area (Å²) in [5.74, 6) is 2.24. The molecule has 3 aromatic rings. The van der Waals surface area contributed by atoms with Crippen molar-refractivity contribution in [1.29, 1.82) is 0 Å². The Balaban J connectivity index is 1.32. The summed E-state index contributed by atoms with van der Waals surface area (Å²) in [7, 11) is -1.60. The van der Waals surface area contributed by atoms with Crippen molar-refractivity contribution in [3.8, 4) is 17.3 Å². The second kappa shape index (κ2) is 10.7. The van der Waals surface area contributed by atoms with Gasteiger partial charge in [-0.1, -0.05) is 0 Å². The quantitative estimate of drug-likeness (QED) is 0.387. The first-order chi connectivity index (χ1) is 19.3. The van der Waals surface area contributed by atoms with Crippen LogP contribution in [-0.4, -0.2) is 74.7 Å². The molecular formula is C27H36N8O4S. The molecule has 1 saturated heterocycles. The van der Waals surface area contributed by atoms with E-state index >= 15 is 0 Å². The number of anilines is 1. The van der Waals surface area contributed by atoms with E-state index in [9.17, 15) is 13.2 Å². The van der Waals surface area contributed by atoms with Gasteiger partial charge in [0, 0.05) is 31.6 Å². The third-order valence-corrected chi connectivity index (χ3v) is 10.3. The second-order valence-electron chi connectivity index (χ2n) is 11.2. The zero-order chi connectivity index (χ0) is 28.0. The smallest absolute Gasteiger partial charge is 0.295 e. The molecule has 1 N–H and O–H groups in total. The highest BCUT2D eigenvalue weighted by Crippen LogP contribution is 2.45. The maximum atomic E-state index is 13.8. The summed E-state index contributed by atoms with van der Waals surface area (Å²) in [5.41, 5.74) is 2.36. The molecule has 4 heterocycles. The number of hydrogen-bond acceptors (Lipinski definition) is 10. The Hall–Kier alpha value is -3.19.